The van der Waals surface area contributed by atoms with Gasteiger partial charge in [-0.15, -0.1) is 0 Å². The van der Waals surface area contributed by atoms with Gasteiger partial charge >= 0.3 is 0 Å². The van der Waals surface area contributed by atoms with E-state index in [1.54, 1.807) is 19.2 Å². The number of ketones is 1. The normalized spacial score (nSPS) is 13.7. The predicted molar refractivity (Wildman–Crippen MR) is 86.0 cm³/mol. The second-order valence-electron chi connectivity index (χ2n) is 5.66. The monoisotopic (exact) mass is 296 g/mol. The molecule has 3 rings (SSSR count). The molecule has 0 atom stereocenters. The van der Waals surface area contributed by atoms with E-state index in [0.29, 0.717) is 17.7 Å². The van der Waals surface area contributed by atoms with Crippen LogP contribution < -0.4 is 9.47 Å². The van der Waals surface area contributed by atoms with Crippen LogP contribution in [0.5, 0.6) is 11.5 Å². The molecule has 3 nitrogen and oxygen atoms in total. The minimum Gasteiger partial charge on any atom is -0.497 e. The average molecular weight is 296 g/mol. The first kappa shape index (κ1) is 14.6. The smallest absolute Gasteiger partial charge is 0.196 e. The summed E-state index contributed by atoms with van der Waals surface area (Å²) >= 11 is 0. The van der Waals surface area contributed by atoms with Gasteiger partial charge in [-0.2, -0.15) is 0 Å². The van der Waals surface area contributed by atoms with Gasteiger partial charge in [-0.1, -0.05) is 6.07 Å². The third-order valence-electron chi connectivity index (χ3n) is 3.99. The van der Waals surface area contributed by atoms with Crippen LogP contribution >= 0.6 is 0 Å². The second kappa shape index (κ2) is 6.22. The summed E-state index contributed by atoms with van der Waals surface area (Å²) in [5, 5.41) is 0. The highest BCUT2D eigenvalue weighted by molar-refractivity contribution is 6.11. The van der Waals surface area contributed by atoms with Gasteiger partial charge in [0, 0.05) is 5.56 Å². The number of benzene rings is 2. The number of aryl methyl sites for hydroxylation is 2. The summed E-state index contributed by atoms with van der Waals surface area (Å²) < 4.78 is 11.0. The summed E-state index contributed by atoms with van der Waals surface area (Å²) in [6.45, 7) is 2.70. The summed E-state index contributed by atoms with van der Waals surface area (Å²) in [7, 11) is 1.62. The van der Waals surface area contributed by atoms with Crippen molar-refractivity contribution < 1.29 is 14.3 Å². The Labute approximate surface area is 130 Å². The maximum atomic E-state index is 12.9. The molecular formula is C19H20O3. The molecule has 0 aliphatic carbocycles. The van der Waals surface area contributed by atoms with Crippen LogP contribution in [0, 0.1) is 6.92 Å². The largest absolute Gasteiger partial charge is 0.497 e. The Morgan fingerprint density at radius 1 is 1.14 bits per heavy atom. The Hall–Kier alpha value is -2.29. The number of hydrogen-bond acceptors (Lipinski definition) is 3. The second-order valence-corrected chi connectivity index (χ2v) is 5.66. The van der Waals surface area contributed by atoms with Gasteiger partial charge in [-0.3, -0.25) is 4.79 Å². The maximum absolute atomic E-state index is 12.9. The fourth-order valence-electron chi connectivity index (χ4n) is 2.86. The van der Waals surface area contributed by atoms with Gasteiger partial charge in [0.15, 0.2) is 5.78 Å². The van der Waals surface area contributed by atoms with E-state index in [-0.39, 0.29) is 5.78 Å². The van der Waals surface area contributed by atoms with Crippen molar-refractivity contribution in [1.82, 2.24) is 0 Å². The molecule has 0 unspecified atom stereocenters. The van der Waals surface area contributed by atoms with Gasteiger partial charge < -0.3 is 9.47 Å². The van der Waals surface area contributed by atoms with Crippen LogP contribution in [0.2, 0.25) is 0 Å². The van der Waals surface area contributed by atoms with E-state index in [1.165, 1.54) is 0 Å². The summed E-state index contributed by atoms with van der Waals surface area (Å²) in [5.41, 5.74) is 3.57. The Bertz CT molecular complexity index is 687. The summed E-state index contributed by atoms with van der Waals surface area (Å²) in [5.74, 6) is 1.52. The van der Waals surface area contributed by atoms with Crippen molar-refractivity contribution in [2.24, 2.45) is 0 Å². The molecule has 0 bridgehead atoms. The Morgan fingerprint density at radius 3 is 2.64 bits per heavy atom. The number of hydrogen-bond donors (Lipinski definition) is 0. The number of ether oxygens (including phenoxy) is 2. The van der Waals surface area contributed by atoms with Crippen molar-refractivity contribution in [3.8, 4) is 11.5 Å². The molecule has 0 aromatic heterocycles. The van der Waals surface area contributed by atoms with Crippen LogP contribution in [0.15, 0.2) is 36.4 Å². The third kappa shape index (κ3) is 2.84. The Morgan fingerprint density at radius 2 is 1.91 bits per heavy atom. The molecule has 3 heteroatoms. The molecule has 114 valence electrons. The average Bonchev–Trinajstić information content (AvgIpc) is 2.78. The fraction of sp³-hybridized carbons (Fsp3) is 0.316. The highest BCUT2D eigenvalue weighted by Crippen LogP contribution is 2.31. The van der Waals surface area contributed by atoms with Gasteiger partial charge in [0.05, 0.1) is 19.3 Å². The molecule has 2 aromatic rings. The third-order valence-corrected chi connectivity index (χ3v) is 3.99. The van der Waals surface area contributed by atoms with Crippen LogP contribution in [0.3, 0.4) is 0 Å². The van der Waals surface area contributed by atoms with Crippen LogP contribution in [-0.2, 0) is 6.42 Å². The van der Waals surface area contributed by atoms with Crippen molar-refractivity contribution in [2.75, 3.05) is 13.7 Å². The molecule has 0 radical (unpaired) electrons. The Kier molecular flexibility index (Phi) is 4.14. The molecule has 0 saturated heterocycles. The van der Waals surface area contributed by atoms with Gasteiger partial charge in [0.2, 0.25) is 0 Å². The zero-order valence-electron chi connectivity index (χ0n) is 13.0. The van der Waals surface area contributed by atoms with Crippen molar-refractivity contribution >= 4 is 5.78 Å². The van der Waals surface area contributed by atoms with E-state index >= 15 is 0 Å². The van der Waals surface area contributed by atoms with Crippen molar-refractivity contribution in [2.45, 2.75) is 26.2 Å². The van der Waals surface area contributed by atoms with Gasteiger partial charge in [0.25, 0.3) is 0 Å². The number of carbonyl (C=O) groups is 1. The molecule has 0 amide bonds. The van der Waals surface area contributed by atoms with E-state index in [0.717, 1.165) is 41.9 Å². The number of rotatable bonds is 3. The first-order valence-corrected chi connectivity index (χ1v) is 7.64. The SMILES string of the molecule is COc1ccc(C(=O)c2cc(C)cc3c2OCCCC3)cc1. The van der Waals surface area contributed by atoms with E-state index in [4.69, 9.17) is 9.47 Å². The highest BCUT2D eigenvalue weighted by Gasteiger charge is 2.20. The quantitative estimate of drug-likeness (QED) is 0.805. The lowest BCUT2D eigenvalue weighted by Crippen LogP contribution is -2.07. The lowest BCUT2D eigenvalue weighted by atomic mass is 9.96. The van der Waals surface area contributed by atoms with E-state index in [9.17, 15) is 4.79 Å². The molecule has 0 saturated carbocycles. The number of carbonyl (C=O) groups excluding carboxylic acids is 1. The van der Waals surface area contributed by atoms with E-state index in [1.807, 2.05) is 25.1 Å². The minimum atomic E-state index is 0.00417. The zero-order valence-corrected chi connectivity index (χ0v) is 13.0. The summed E-state index contributed by atoms with van der Waals surface area (Å²) in [6.07, 6.45) is 3.11. The van der Waals surface area contributed by atoms with Crippen molar-refractivity contribution in [1.29, 1.82) is 0 Å². The lowest BCUT2D eigenvalue weighted by molar-refractivity contribution is 0.103. The molecule has 0 N–H and O–H groups in total. The first-order valence-electron chi connectivity index (χ1n) is 7.64. The van der Waals surface area contributed by atoms with Gasteiger partial charge in [-0.25, -0.2) is 0 Å². The summed E-state index contributed by atoms with van der Waals surface area (Å²) in [6, 6.07) is 11.3. The molecule has 1 aliphatic heterocycles. The van der Waals surface area contributed by atoms with Crippen LogP contribution in [-0.4, -0.2) is 19.5 Å². The molecule has 2 aromatic carbocycles. The fourth-order valence-corrected chi connectivity index (χ4v) is 2.86. The van der Waals surface area contributed by atoms with Crippen LogP contribution in [0.1, 0.15) is 39.9 Å². The van der Waals surface area contributed by atoms with Crippen LogP contribution in [0.4, 0.5) is 0 Å². The molecule has 1 aliphatic rings. The number of methoxy groups -OCH3 is 1. The van der Waals surface area contributed by atoms with E-state index in [2.05, 4.69) is 6.07 Å². The molecule has 1 heterocycles. The van der Waals surface area contributed by atoms with Crippen molar-refractivity contribution in [3.05, 3.63) is 58.7 Å². The van der Waals surface area contributed by atoms with Gasteiger partial charge in [-0.05, 0) is 67.6 Å². The topological polar surface area (TPSA) is 35.5 Å². The first-order chi connectivity index (χ1) is 10.7. The minimum absolute atomic E-state index is 0.00417. The molecular weight excluding hydrogens is 276 g/mol. The van der Waals surface area contributed by atoms with Crippen molar-refractivity contribution in [3.63, 3.8) is 0 Å². The van der Waals surface area contributed by atoms with E-state index < -0.39 is 0 Å². The number of fused-ring (bicyclic) bond motifs is 1. The lowest BCUT2D eigenvalue weighted by Gasteiger charge is -2.14. The molecule has 22 heavy (non-hydrogen) atoms. The summed E-state index contributed by atoms with van der Waals surface area (Å²) in [4.78, 5) is 12.9. The Balaban J connectivity index is 2.02. The maximum Gasteiger partial charge on any atom is 0.196 e. The molecule has 0 fully saturated rings. The van der Waals surface area contributed by atoms with Gasteiger partial charge in [0.1, 0.15) is 11.5 Å². The highest BCUT2D eigenvalue weighted by atomic mass is 16.5. The zero-order chi connectivity index (χ0) is 15.5. The standard InChI is InChI=1S/C19H20O3/c1-13-11-15-5-3-4-10-22-19(15)17(12-13)18(20)14-6-8-16(21-2)9-7-14/h6-9,11-12H,3-5,10H2,1-2H3. The molecule has 0 spiro atoms. The predicted octanol–water partition coefficient (Wildman–Crippen LogP) is 3.95. The van der Waals surface area contributed by atoms with Crippen LogP contribution in [0.25, 0.3) is 0 Å².